The number of aromatic nitrogens is 1. The Balaban J connectivity index is 1.60. The maximum Gasteiger partial charge on any atom is 0.233 e. The van der Waals surface area contributed by atoms with Crippen LogP contribution in [0, 0.1) is 5.92 Å². The van der Waals surface area contributed by atoms with E-state index in [9.17, 15) is 9.59 Å². The fourth-order valence-electron chi connectivity index (χ4n) is 3.05. The lowest BCUT2D eigenvalue weighted by Crippen LogP contribution is -2.42. The zero-order chi connectivity index (χ0) is 20.6. The minimum Gasteiger partial charge on any atom is -0.475 e. The van der Waals surface area contributed by atoms with Crippen molar-refractivity contribution in [2.24, 2.45) is 5.92 Å². The van der Waals surface area contributed by atoms with Crippen molar-refractivity contribution in [2.75, 3.05) is 39.2 Å². The van der Waals surface area contributed by atoms with E-state index < -0.39 is 5.92 Å². The van der Waals surface area contributed by atoms with E-state index in [2.05, 4.69) is 20.9 Å². The molecule has 0 saturated carbocycles. The highest BCUT2D eigenvalue weighted by molar-refractivity contribution is 6.13. The number of nitrogens with zero attached hydrogens (tertiary/aromatic N) is 1. The van der Waals surface area contributed by atoms with Crippen LogP contribution in [0.2, 0.25) is 0 Å². The van der Waals surface area contributed by atoms with Crippen molar-refractivity contribution in [1.29, 1.82) is 0 Å². The van der Waals surface area contributed by atoms with Crippen molar-refractivity contribution < 1.29 is 19.1 Å². The summed E-state index contributed by atoms with van der Waals surface area (Å²) in [6, 6.07) is 11.4. The Labute approximate surface area is 170 Å². The maximum absolute atomic E-state index is 12.8. The molecule has 154 valence electrons. The zero-order valence-electron chi connectivity index (χ0n) is 16.7. The van der Waals surface area contributed by atoms with E-state index in [1.807, 2.05) is 31.3 Å². The molecule has 8 heteroatoms. The van der Waals surface area contributed by atoms with Crippen LogP contribution in [0.15, 0.2) is 36.4 Å². The van der Waals surface area contributed by atoms with Gasteiger partial charge >= 0.3 is 0 Å². The standard InChI is InChI=1S/C21H26N4O4/c1-22-11-14-3-5-15(6-4-14)12-24-21(27)16-13-23-17-7-8-18(29-10-9-28-2)25-19(17)20(16)26/h3-8,16,22-23H,9-13H2,1-2H3,(H,24,27). The highest BCUT2D eigenvalue weighted by Crippen LogP contribution is 2.25. The molecule has 1 atom stereocenters. The van der Waals surface area contributed by atoms with E-state index in [0.29, 0.717) is 31.3 Å². The predicted octanol–water partition coefficient (Wildman–Crippen LogP) is 1.37. The molecular weight excluding hydrogens is 372 g/mol. The normalized spacial score (nSPS) is 15.4. The first-order valence-corrected chi connectivity index (χ1v) is 9.53. The van der Waals surface area contributed by atoms with Crippen LogP contribution in [-0.4, -0.2) is 50.6 Å². The lowest BCUT2D eigenvalue weighted by molar-refractivity contribution is -0.123. The number of hydrogen-bond donors (Lipinski definition) is 3. The Hall–Kier alpha value is -2.97. The van der Waals surface area contributed by atoms with Gasteiger partial charge in [-0.3, -0.25) is 9.59 Å². The number of hydrogen-bond acceptors (Lipinski definition) is 7. The number of pyridine rings is 1. The Kier molecular flexibility index (Phi) is 7.15. The number of ether oxygens (including phenoxy) is 2. The molecule has 1 aromatic carbocycles. The van der Waals surface area contributed by atoms with E-state index in [1.54, 1.807) is 19.2 Å². The summed E-state index contributed by atoms with van der Waals surface area (Å²) in [4.78, 5) is 29.7. The number of methoxy groups -OCH3 is 1. The smallest absolute Gasteiger partial charge is 0.233 e. The van der Waals surface area contributed by atoms with Crippen LogP contribution in [0.1, 0.15) is 21.6 Å². The molecule has 0 bridgehead atoms. The second kappa shape index (κ2) is 9.99. The van der Waals surface area contributed by atoms with Crippen LogP contribution >= 0.6 is 0 Å². The number of rotatable bonds is 9. The number of ketones is 1. The summed E-state index contributed by atoms with van der Waals surface area (Å²) >= 11 is 0. The van der Waals surface area contributed by atoms with Crippen LogP contribution in [0.3, 0.4) is 0 Å². The average Bonchev–Trinajstić information content (AvgIpc) is 2.74. The summed E-state index contributed by atoms with van der Waals surface area (Å²) in [5, 5.41) is 9.05. The minimum atomic E-state index is -0.826. The lowest BCUT2D eigenvalue weighted by Gasteiger charge is -2.24. The van der Waals surface area contributed by atoms with Crippen molar-refractivity contribution in [1.82, 2.24) is 15.6 Å². The molecule has 0 spiro atoms. The molecule has 29 heavy (non-hydrogen) atoms. The van der Waals surface area contributed by atoms with Crippen LogP contribution < -0.4 is 20.7 Å². The maximum atomic E-state index is 12.8. The minimum absolute atomic E-state index is 0.225. The predicted molar refractivity (Wildman–Crippen MR) is 109 cm³/mol. The average molecular weight is 398 g/mol. The second-order valence-corrected chi connectivity index (χ2v) is 6.75. The molecule has 0 fully saturated rings. The SMILES string of the molecule is CNCc1ccc(CNC(=O)C2CNc3ccc(OCCOC)nc3C2=O)cc1. The fourth-order valence-corrected chi connectivity index (χ4v) is 3.05. The first-order chi connectivity index (χ1) is 14.1. The van der Waals surface area contributed by atoms with Crippen molar-refractivity contribution in [2.45, 2.75) is 13.1 Å². The Bertz CT molecular complexity index is 854. The van der Waals surface area contributed by atoms with Gasteiger partial charge in [-0.05, 0) is 24.2 Å². The van der Waals surface area contributed by atoms with E-state index >= 15 is 0 Å². The first-order valence-electron chi connectivity index (χ1n) is 9.53. The third kappa shape index (κ3) is 5.30. The van der Waals surface area contributed by atoms with Crippen LogP contribution in [0.5, 0.6) is 5.88 Å². The number of carbonyl (C=O) groups excluding carboxylic acids is 2. The summed E-state index contributed by atoms with van der Waals surface area (Å²) in [5.41, 5.74) is 2.98. The van der Waals surface area contributed by atoms with E-state index in [0.717, 1.165) is 12.1 Å². The zero-order valence-corrected chi connectivity index (χ0v) is 16.7. The highest BCUT2D eigenvalue weighted by Gasteiger charge is 2.34. The number of carbonyl (C=O) groups is 2. The van der Waals surface area contributed by atoms with Crippen LogP contribution in [0.4, 0.5) is 5.69 Å². The molecule has 2 aromatic rings. The van der Waals surface area contributed by atoms with Crippen molar-refractivity contribution in [3.8, 4) is 5.88 Å². The summed E-state index contributed by atoms with van der Waals surface area (Å²) in [6.07, 6.45) is 0. The number of fused-ring (bicyclic) bond motifs is 1. The monoisotopic (exact) mass is 398 g/mol. The van der Waals surface area contributed by atoms with Gasteiger partial charge in [-0.15, -0.1) is 0 Å². The quantitative estimate of drug-likeness (QED) is 0.433. The molecule has 0 radical (unpaired) electrons. The molecule has 0 aliphatic carbocycles. The van der Waals surface area contributed by atoms with Crippen molar-refractivity contribution in [3.05, 3.63) is 53.2 Å². The third-order valence-corrected chi connectivity index (χ3v) is 4.64. The molecule has 3 N–H and O–H groups in total. The molecule has 2 heterocycles. The van der Waals surface area contributed by atoms with Gasteiger partial charge in [0.25, 0.3) is 0 Å². The summed E-state index contributed by atoms with van der Waals surface area (Å²) < 4.78 is 10.4. The summed E-state index contributed by atoms with van der Waals surface area (Å²) in [6.45, 7) is 2.15. The molecule has 0 saturated heterocycles. The topological polar surface area (TPSA) is 102 Å². The molecule has 3 rings (SSSR count). The number of Topliss-reactive ketones (excluding diaryl/α,β-unsaturated/α-hetero) is 1. The fraction of sp³-hybridized carbons (Fsp3) is 0.381. The van der Waals surface area contributed by atoms with Gasteiger partial charge in [0, 0.05) is 32.8 Å². The van der Waals surface area contributed by atoms with E-state index in [-0.39, 0.29) is 23.9 Å². The molecule has 1 amide bonds. The molecule has 1 aromatic heterocycles. The van der Waals surface area contributed by atoms with Gasteiger partial charge in [0.2, 0.25) is 11.8 Å². The number of anilines is 1. The van der Waals surface area contributed by atoms with Gasteiger partial charge < -0.3 is 25.4 Å². The van der Waals surface area contributed by atoms with Gasteiger partial charge in [-0.1, -0.05) is 24.3 Å². The largest absolute Gasteiger partial charge is 0.475 e. The van der Waals surface area contributed by atoms with Gasteiger partial charge in [0.1, 0.15) is 18.2 Å². The molecule has 1 aliphatic rings. The summed E-state index contributed by atoms with van der Waals surface area (Å²) in [5.74, 6) is -1.12. The number of benzene rings is 1. The van der Waals surface area contributed by atoms with Crippen LogP contribution in [0.25, 0.3) is 0 Å². The first kappa shape index (κ1) is 20.8. The van der Waals surface area contributed by atoms with Gasteiger partial charge in [-0.2, -0.15) is 0 Å². The Morgan fingerprint density at radius 1 is 1.14 bits per heavy atom. The van der Waals surface area contributed by atoms with Gasteiger partial charge in [0.05, 0.1) is 12.3 Å². The molecule has 1 aliphatic heterocycles. The van der Waals surface area contributed by atoms with E-state index in [1.165, 1.54) is 5.56 Å². The highest BCUT2D eigenvalue weighted by atomic mass is 16.5. The van der Waals surface area contributed by atoms with Gasteiger partial charge in [-0.25, -0.2) is 4.98 Å². The molecule has 1 unspecified atom stereocenters. The lowest BCUT2D eigenvalue weighted by atomic mass is 9.95. The van der Waals surface area contributed by atoms with E-state index in [4.69, 9.17) is 9.47 Å². The number of amides is 1. The second-order valence-electron chi connectivity index (χ2n) is 6.75. The Morgan fingerprint density at radius 3 is 2.55 bits per heavy atom. The molecule has 8 nitrogen and oxygen atoms in total. The van der Waals surface area contributed by atoms with Crippen LogP contribution in [-0.2, 0) is 22.6 Å². The van der Waals surface area contributed by atoms with Crippen molar-refractivity contribution >= 4 is 17.4 Å². The summed E-state index contributed by atoms with van der Waals surface area (Å²) in [7, 11) is 3.47. The van der Waals surface area contributed by atoms with Crippen molar-refractivity contribution in [3.63, 3.8) is 0 Å². The Morgan fingerprint density at radius 2 is 1.86 bits per heavy atom. The van der Waals surface area contributed by atoms with Gasteiger partial charge in [0.15, 0.2) is 5.78 Å². The number of nitrogens with one attached hydrogen (secondary N) is 3. The molecular formula is C21H26N4O4. The third-order valence-electron chi connectivity index (χ3n) is 4.64.